The van der Waals surface area contributed by atoms with E-state index < -0.39 is 0 Å². The molecule has 0 bridgehead atoms. The zero-order valence-corrected chi connectivity index (χ0v) is 21.3. The van der Waals surface area contributed by atoms with E-state index in [-0.39, 0.29) is 24.0 Å². The molecule has 7 nitrogen and oxygen atoms in total. The summed E-state index contributed by atoms with van der Waals surface area (Å²) in [4.78, 5) is 6.90. The quantitative estimate of drug-likeness (QED) is 0.270. The summed E-state index contributed by atoms with van der Waals surface area (Å²) in [5.74, 6) is 3.34. The van der Waals surface area contributed by atoms with Gasteiger partial charge in [0.1, 0.15) is 11.6 Å². The number of hydrogen-bond donors (Lipinski definition) is 1. The molecule has 1 N–H and O–H groups in total. The topological polar surface area (TPSA) is 67.6 Å². The van der Waals surface area contributed by atoms with Gasteiger partial charge in [0, 0.05) is 25.7 Å². The zero-order chi connectivity index (χ0) is 21.5. The number of rotatable bonds is 7. The van der Waals surface area contributed by atoms with Crippen molar-refractivity contribution in [2.45, 2.75) is 26.6 Å². The normalized spacial score (nSPS) is 11.1. The molecular formula is C22H28ClIN6O. The van der Waals surface area contributed by atoms with E-state index in [1.54, 1.807) is 7.11 Å². The smallest absolute Gasteiger partial charge is 0.194 e. The first-order chi connectivity index (χ1) is 14.5. The molecule has 2 aromatic carbocycles. The summed E-state index contributed by atoms with van der Waals surface area (Å²) in [7, 11) is 5.63. The summed E-state index contributed by atoms with van der Waals surface area (Å²) in [6.07, 6.45) is 0. The summed E-state index contributed by atoms with van der Waals surface area (Å²) < 4.78 is 7.19. The fourth-order valence-corrected chi connectivity index (χ4v) is 3.04. The third kappa shape index (κ3) is 7.10. The highest BCUT2D eigenvalue weighted by molar-refractivity contribution is 14.0. The van der Waals surface area contributed by atoms with E-state index in [1.807, 2.05) is 74.1 Å². The van der Waals surface area contributed by atoms with Crippen LogP contribution in [0.4, 0.5) is 0 Å². The van der Waals surface area contributed by atoms with Crippen molar-refractivity contribution in [1.82, 2.24) is 25.0 Å². The van der Waals surface area contributed by atoms with Gasteiger partial charge in [0.2, 0.25) is 0 Å². The van der Waals surface area contributed by atoms with Crippen molar-refractivity contribution in [2.75, 3.05) is 14.2 Å². The van der Waals surface area contributed by atoms with Crippen molar-refractivity contribution in [2.24, 2.45) is 12.0 Å². The molecule has 0 aliphatic carbocycles. The molecule has 0 aliphatic heterocycles. The van der Waals surface area contributed by atoms with E-state index in [9.17, 15) is 0 Å². The Morgan fingerprint density at radius 2 is 1.74 bits per heavy atom. The van der Waals surface area contributed by atoms with Gasteiger partial charge in [-0.3, -0.25) is 0 Å². The van der Waals surface area contributed by atoms with E-state index in [0.29, 0.717) is 19.6 Å². The Hall–Kier alpha value is -2.33. The molecule has 0 amide bonds. The van der Waals surface area contributed by atoms with Gasteiger partial charge in [-0.25, -0.2) is 4.99 Å². The third-order valence-corrected chi connectivity index (χ3v) is 5.10. The molecule has 0 spiro atoms. The van der Waals surface area contributed by atoms with Crippen LogP contribution in [-0.4, -0.2) is 39.8 Å². The minimum Gasteiger partial charge on any atom is -0.497 e. The predicted molar refractivity (Wildman–Crippen MR) is 135 cm³/mol. The Balaban J connectivity index is 0.00000341. The molecule has 0 unspecified atom stereocenters. The van der Waals surface area contributed by atoms with Crippen LogP contribution >= 0.6 is 35.6 Å². The second-order valence-electron chi connectivity index (χ2n) is 7.05. The number of nitrogens with one attached hydrogen (secondary N) is 1. The van der Waals surface area contributed by atoms with Crippen LogP contribution < -0.4 is 10.1 Å². The molecule has 0 radical (unpaired) electrons. The molecule has 0 aliphatic rings. The molecule has 1 heterocycles. The number of aryl methyl sites for hydroxylation is 1. The molecule has 0 saturated carbocycles. The molecule has 3 aromatic rings. The summed E-state index contributed by atoms with van der Waals surface area (Å²) in [6, 6.07) is 15.8. The van der Waals surface area contributed by atoms with Crippen LogP contribution in [0.2, 0.25) is 5.02 Å². The van der Waals surface area contributed by atoms with E-state index in [2.05, 4.69) is 20.4 Å². The lowest BCUT2D eigenvalue weighted by molar-refractivity contribution is 0.414. The molecule has 0 fully saturated rings. The number of halogens is 2. The maximum atomic E-state index is 6.01. The zero-order valence-electron chi connectivity index (χ0n) is 18.2. The van der Waals surface area contributed by atoms with E-state index in [0.717, 1.165) is 39.5 Å². The number of methoxy groups -OCH3 is 1. The maximum absolute atomic E-state index is 6.01. The van der Waals surface area contributed by atoms with Crippen molar-refractivity contribution >= 4 is 41.5 Å². The van der Waals surface area contributed by atoms with Crippen molar-refractivity contribution < 1.29 is 4.74 Å². The number of hydrogen-bond acceptors (Lipinski definition) is 4. The standard InChI is InChI=1S/C22H27ClN6O.HI/c1-16-26-27-21(29(16)3)14-25-22(24-13-17-7-11-20(30-4)12-8-17)28(2)15-18-5-9-19(23)10-6-18;/h5-12H,13-15H2,1-4H3,(H,24,25);1H. The van der Waals surface area contributed by atoms with Crippen LogP contribution in [0.1, 0.15) is 22.8 Å². The molecule has 1 aromatic heterocycles. The van der Waals surface area contributed by atoms with Gasteiger partial charge in [-0.05, 0) is 42.3 Å². The van der Waals surface area contributed by atoms with Gasteiger partial charge in [-0.2, -0.15) is 0 Å². The maximum Gasteiger partial charge on any atom is 0.194 e. The SMILES string of the molecule is COc1ccc(CN=C(NCc2nnc(C)n2C)N(C)Cc2ccc(Cl)cc2)cc1.I. The second-order valence-corrected chi connectivity index (χ2v) is 7.48. The fourth-order valence-electron chi connectivity index (χ4n) is 2.91. The molecule has 0 saturated heterocycles. The summed E-state index contributed by atoms with van der Waals surface area (Å²) >= 11 is 6.01. The van der Waals surface area contributed by atoms with Crippen LogP contribution in [-0.2, 0) is 26.7 Å². The highest BCUT2D eigenvalue weighted by atomic mass is 127. The predicted octanol–water partition coefficient (Wildman–Crippen LogP) is 4.18. The van der Waals surface area contributed by atoms with E-state index >= 15 is 0 Å². The van der Waals surface area contributed by atoms with Gasteiger partial charge < -0.3 is 19.5 Å². The number of guanidine groups is 1. The van der Waals surface area contributed by atoms with Gasteiger partial charge in [-0.1, -0.05) is 35.9 Å². The number of aromatic nitrogens is 3. The number of aliphatic imine (C=N–C) groups is 1. The van der Waals surface area contributed by atoms with Crippen molar-refractivity contribution in [3.8, 4) is 5.75 Å². The lowest BCUT2D eigenvalue weighted by Gasteiger charge is -2.22. The highest BCUT2D eigenvalue weighted by Crippen LogP contribution is 2.13. The van der Waals surface area contributed by atoms with Crippen molar-refractivity contribution in [3.05, 3.63) is 76.3 Å². The van der Waals surface area contributed by atoms with Gasteiger partial charge in [0.25, 0.3) is 0 Å². The fraction of sp³-hybridized carbons (Fsp3) is 0.318. The van der Waals surface area contributed by atoms with Crippen molar-refractivity contribution in [3.63, 3.8) is 0 Å². The largest absolute Gasteiger partial charge is 0.497 e. The Kier molecular flexibility index (Phi) is 9.57. The molecule has 0 atom stereocenters. The first-order valence-corrected chi connectivity index (χ1v) is 10.1. The summed E-state index contributed by atoms with van der Waals surface area (Å²) in [6.45, 7) is 3.71. The Morgan fingerprint density at radius 3 is 2.32 bits per heavy atom. The Morgan fingerprint density at radius 1 is 1.10 bits per heavy atom. The van der Waals surface area contributed by atoms with Gasteiger partial charge in [-0.15, -0.1) is 34.2 Å². The average molecular weight is 555 g/mol. The number of nitrogens with zero attached hydrogens (tertiary/aromatic N) is 5. The number of benzene rings is 2. The van der Waals surface area contributed by atoms with Crippen LogP contribution in [0.25, 0.3) is 0 Å². The van der Waals surface area contributed by atoms with Crippen LogP contribution in [0.5, 0.6) is 5.75 Å². The first-order valence-electron chi connectivity index (χ1n) is 9.68. The minimum atomic E-state index is 0. The van der Waals surface area contributed by atoms with Crippen molar-refractivity contribution in [1.29, 1.82) is 0 Å². The van der Waals surface area contributed by atoms with Crippen LogP contribution in [0, 0.1) is 6.92 Å². The molecule has 3 rings (SSSR count). The molecule has 31 heavy (non-hydrogen) atoms. The van der Waals surface area contributed by atoms with E-state index in [1.165, 1.54) is 0 Å². The lowest BCUT2D eigenvalue weighted by Crippen LogP contribution is -2.38. The third-order valence-electron chi connectivity index (χ3n) is 4.85. The van der Waals surface area contributed by atoms with Gasteiger partial charge in [0.15, 0.2) is 11.8 Å². The average Bonchev–Trinajstić information content (AvgIpc) is 3.08. The molecule has 9 heteroatoms. The lowest BCUT2D eigenvalue weighted by atomic mass is 10.2. The highest BCUT2D eigenvalue weighted by Gasteiger charge is 2.11. The molecular weight excluding hydrogens is 527 g/mol. The second kappa shape index (κ2) is 11.9. The summed E-state index contributed by atoms with van der Waals surface area (Å²) in [5, 5.41) is 12.5. The van der Waals surface area contributed by atoms with Crippen LogP contribution in [0.15, 0.2) is 53.5 Å². The summed E-state index contributed by atoms with van der Waals surface area (Å²) in [5.41, 5.74) is 2.25. The molecule has 166 valence electrons. The minimum absolute atomic E-state index is 0. The Labute approximate surface area is 205 Å². The van der Waals surface area contributed by atoms with Gasteiger partial charge >= 0.3 is 0 Å². The number of ether oxygens (including phenoxy) is 1. The van der Waals surface area contributed by atoms with Gasteiger partial charge in [0.05, 0.1) is 20.2 Å². The Bertz CT molecular complexity index is 988. The van der Waals surface area contributed by atoms with E-state index in [4.69, 9.17) is 21.3 Å². The monoisotopic (exact) mass is 554 g/mol. The first kappa shape index (κ1) is 24.9. The van der Waals surface area contributed by atoms with Crippen LogP contribution in [0.3, 0.4) is 0 Å².